The van der Waals surface area contributed by atoms with E-state index < -0.39 is 0 Å². The molecule has 0 amide bonds. The Bertz CT molecular complexity index is 387. The molecular weight excluding hydrogens is 272 g/mol. The SMILES string of the molecule is CC1C(O)CC2CC1C2(C)C.CC1C(O)CC2CC1C2(C)C. The van der Waals surface area contributed by atoms with Gasteiger partial charge in [-0.2, -0.15) is 0 Å². The summed E-state index contributed by atoms with van der Waals surface area (Å²) in [6, 6.07) is 0. The second-order valence-corrected chi connectivity index (χ2v) is 10.0. The maximum Gasteiger partial charge on any atom is 0.0571 e. The highest BCUT2D eigenvalue weighted by atomic mass is 16.3. The van der Waals surface area contributed by atoms with Crippen LogP contribution in [0.15, 0.2) is 0 Å². The molecule has 6 fully saturated rings. The van der Waals surface area contributed by atoms with E-state index in [1.54, 1.807) is 0 Å². The third-order valence-electron chi connectivity index (χ3n) is 8.63. The summed E-state index contributed by atoms with van der Waals surface area (Å²) in [7, 11) is 0. The minimum atomic E-state index is -0.00762. The zero-order chi connectivity index (χ0) is 16.4. The summed E-state index contributed by atoms with van der Waals surface area (Å²) in [5.74, 6) is 4.26. The van der Waals surface area contributed by atoms with Gasteiger partial charge in [-0.3, -0.25) is 0 Å². The van der Waals surface area contributed by atoms with Crippen LogP contribution in [0.3, 0.4) is 0 Å². The highest BCUT2D eigenvalue weighted by Gasteiger charge is 2.56. The van der Waals surface area contributed by atoms with Crippen LogP contribution in [-0.2, 0) is 0 Å². The minimum Gasteiger partial charge on any atom is -0.393 e. The lowest BCUT2D eigenvalue weighted by Crippen LogP contribution is -2.56. The van der Waals surface area contributed by atoms with Crippen LogP contribution in [0.1, 0.15) is 67.2 Å². The summed E-state index contributed by atoms with van der Waals surface area (Å²) in [6.07, 6.45) is 4.81. The molecule has 22 heavy (non-hydrogen) atoms. The first-order valence-corrected chi connectivity index (χ1v) is 9.43. The maximum atomic E-state index is 9.61. The van der Waals surface area contributed by atoms with Crippen LogP contribution >= 0.6 is 0 Å². The van der Waals surface area contributed by atoms with E-state index in [9.17, 15) is 10.2 Å². The number of aliphatic hydroxyl groups excluding tert-OH is 2. The molecule has 0 aromatic heterocycles. The number of rotatable bonds is 0. The Morgan fingerprint density at radius 3 is 1.14 bits per heavy atom. The molecule has 8 unspecified atom stereocenters. The fourth-order valence-corrected chi connectivity index (χ4v) is 6.25. The van der Waals surface area contributed by atoms with E-state index in [0.717, 1.165) is 36.5 Å². The maximum absolute atomic E-state index is 9.61. The lowest BCUT2D eigenvalue weighted by Gasteiger charge is -2.61. The van der Waals surface area contributed by atoms with Crippen LogP contribution in [0, 0.1) is 46.3 Å². The van der Waals surface area contributed by atoms with Crippen molar-refractivity contribution in [2.45, 2.75) is 79.4 Å². The molecule has 0 saturated heterocycles. The zero-order valence-electron chi connectivity index (χ0n) is 15.3. The third kappa shape index (κ3) is 2.28. The van der Waals surface area contributed by atoms with Gasteiger partial charge in [-0.1, -0.05) is 41.5 Å². The smallest absolute Gasteiger partial charge is 0.0571 e. The van der Waals surface area contributed by atoms with Gasteiger partial charge in [-0.25, -0.2) is 0 Å². The predicted molar refractivity (Wildman–Crippen MR) is 90.3 cm³/mol. The van der Waals surface area contributed by atoms with Crippen molar-refractivity contribution in [2.24, 2.45) is 46.3 Å². The van der Waals surface area contributed by atoms with Gasteiger partial charge in [0.2, 0.25) is 0 Å². The van der Waals surface area contributed by atoms with Crippen molar-refractivity contribution in [3.8, 4) is 0 Å². The lowest BCUT2D eigenvalue weighted by molar-refractivity contribution is -0.154. The van der Waals surface area contributed by atoms with Crippen LogP contribution < -0.4 is 0 Å². The Morgan fingerprint density at radius 2 is 0.955 bits per heavy atom. The van der Waals surface area contributed by atoms with Crippen molar-refractivity contribution >= 4 is 0 Å². The quantitative estimate of drug-likeness (QED) is 0.707. The van der Waals surface area contributed by atoms with Gasteiger partial charge in [-0.15, -0.1) is 0 Å². The zero-order valence-corrected chi connectivity index (χ0v) is 15.3. The van der Waals surface area contributed by atoms with E-state index >= 15 is 0 Å². The molecule has 2 heteroatoms. The van der Waals surface area contributed by atoms with E-state index in [1.807, 2.05) is 0 Å². The number of fused-ring (bicyclic) bond motifs is 4. The number of hydrogen-bond acceptors (Lipinski definition) is 2. The van der Waals surface area contributed by atoms with Crippen molar-refractivity contribution < 1.29 is 10.2 Å². The summed E-state index contributed by atoms with van der Waals surface area (Å²) in [5.41, 5.74) is 1.05. The first-order valence-electron chi connectivity index (χ1n) is 9.43. The Kier molecular flexibility index (Phi) is 3.97. The molecule has 2 N–H and O–H groups in total. The Labute approximate surface area is 136 Å². The van der Waals surface area contributed by atoms with Crippen LogP contribution in [-0.4, -0.2) is 22.4 Å². The van der Waals surface area contributed by atoms with Crippen LogP contribution in [0.25, 0.3) is 0 Å². The largest absolute Gasteiger partial charge is 0.393 e. The molecule has 128 valence electrons. The number of aliphatic hydroxyl groups is 2. The Morgan fingerprint density at radius 1 is 0.636 bits per heavy atom. The average molecular weight is 309 g/mol. The van der Waals surface area contributed by atoms with Gasteiger partial charge in [0.25, 0.3) is 0 Å². The summed E-state index contributed by atoms with van der Waals surface area (Å²) < 4.78 is 0. The van der Waals surface area contributed by atoms with E-state index in [0.29, 0.717) is 22.7 Å². The molecule has 2 nitrogen and oxygen atoms in total. The Balaban J connectivity index is 0.000000131. The lowest BCUT2D eigenvalue weighted by atomic mass is 9.45. The second kappa shape index (κ2) is 5.21. The van der Waals surface area contributed by atoms with Gasteiger partial charge < -0.3 is 10.2 Å². The summed E-state index contributed by atoms with van der Waals surface area (Å²) in [4.78, 5) is 0. The molecule has 0 aromatic rings. The van der Waals surface area contributed by atoms with Gasteiger partial charge in [0.05, 0.1) is 12.2 Å². The summed E-state index contributed by atoms with van der Waals surface area (Å²) in [6.45, 7) is 13.8. The standard InChI is InChI=1S/2C10H18O/c2*1-6-8-4-7(5-9(6)11)10(8,2)3/h2*6-9,11H,4-5H2,1-3H3. The molecule has 0 radical (unpaired) electrons. The topological polar surface area (TPSA) is 40.5 Å². The van der Waals surface area contributed by atoms with E-state index in [4.69, 9.17) is 0 Å². The molecule has 6 rings (SSSR count). The molecule has 0 aliphatic heterocycles. The molecule has 6 saturated carbocycles. The first-order chi connectivity index (χ1) is 10.1. The highest BCUT2D eigenvalue weighted by molar-refractivity contribution is 5.05. The van der Waals surface area contributed by atoms with Crippen LogP contribution in [0.2, 0.25) is 0 Å². The van der Waals surface area contributed by atoms with Gasteiger partial charge in [0, 0.05) is 0 Å². The first kappa shape index (κ1) is 16.8. The molecule has 0 aromatic carbocycles. The summed E-state index contributed by atoms with van der Waals surface area (Å²) in [5, 5.41) is 19.2. The fourth-order valence-electron chi connectivity index (χ4n) is 6.25. The third-order valence-corrected chi connectivity index (χ3v) is 8.63. The van der Waals surface area contributed by atoms with Gasteiger partial charge in [-0.05, 0) is 72.0 Å². The van der Waals surface area contributed by atoms with Crippen LogP contribution in [0.4, 0.5) is 0 Å². The normalized spacial score (nSPS) is 53.5. The molecule has 8 atom stereocenters. The Hall–Kier alpha value is -0.0800. The molecular formula is C20H36O2. The van der Waals surface area contributed by atoms with E-state index in [2.05, 4.69) is 41.5 Å². The molecule has 4 bridgehead atoms. The van der Waals surface area contributed by atoms with E-state index in [-0.39, 0.29) is 12.2 Å². The van der Waals surface area contributed by atoms with Crippen molar-refractivity contribution in [3.63, 3.8) is 0 Å². The van der Waals surface area contributed by atoms with Crippen molar-refractivity contribution in [3.05, 3.63) is 0 Å². The van der Waals surface area contributed by atoms with Gasteiger partial charge in [0.1, 0.15) is 0 Å². The van der Waals surface area contributed by atoms with Crippen molar-refractivity contribution in [1.29, 1.82) is 0 Å². The molecule has 0 spiro atoms. The fraction of sp³-hybridized carbons (Fsp3) is 1.00. The summed E-state index contributed by atoms with van der Waals surface area (Å²) >= 11 is 0. The van der Waals surface area contributed by atoms with E-state index in [1.165, 1.54) is 12.8 Å². The van der Waals surface area contributed by atoms with Crippen LogP contribution in [0.5, 0.6) is 0 Å². The minimum absolute atomic E-state index is 0.00762. The van der Waals surface area contributed by atoms with Crippen molar-refractivity contribution in [2.75, 3.05) is 0 Å². The molecule has 6 aliphatic rings. The average Bonchev–Trinajstić information content (AvgIpc) is 2.44. The molecule has 0 heterocycles. The molecule has 6 aliphatic carbocycles. The highest BCUT2D eigenvalue weighted by Crippen LogP contribution is 2.61. The number of hydrogen-bond donors (Lipinski definition) is 2. The van der Waals surface area contributed by atoms with Crippen molar-refractivity contribution in [1.82, 2.24) is 0 Å². The predicted octanol–water partition coefficient (Wildman–Crippen LogP) is 4.10. The monoisotopic (exact) mass is 308 g/mol. The van der Waals surface area contributed by atoms with Gasteiger partial charge >= 0.3 is 0 Å². The van der Waals surface area contributed by atoms with Gasteiger partial charge in [0.15, 0.2) is 0 Å². The second-order valence-electron chi connectivity index (χ2n) is 10.0.